The average Bonchev–Trinajstić information content (AvgIpc) is 2.35. The van der Waals surface area contributed by atoms with E-state index >= 15 is 0 Å². The van der Waals surface area contributed by atoms with Crippen LogP contribution < -0.4 is 10.2 Å². The fourth-order valence-electron chi connectivity index (χ4n) is 2.61. The topological polar surface area (TPSA) is 18.5 Å². The highest BCUT2D eigenvalue weighted by Crippen LogP contribution is 2.28. The highest BCUT2D eigenvalue weighted by atomic mass is 35.5. The summed E-state index contributed by atoms with van der Waals surface area (Å²) in [7, 11) is 4.21. The Labute approximate surface area is 115 Å². The fraction of sp³-hybridized carbons (Fsp3) is 0.571. The lowest BCUT2D eigenvalue weighted by molar-refractivity contribution is 0.157. The first kappa shape index (κ1) is 13.7. The van der Waals surface area contributed by atoms with Crippen LogP contribution in [0.4, 0.5) is 5.69 Å². The maximum atomic E-state index is 6.30. The van der Waals surface area contributed by atoms with Crippen molar-refractivity contribution in [1.82, 2.24) is 10.2 Å². The SMILES string of the molecule is CNCC1CN(c2ccccc2Cl)CC(C)N1C. The Morgan fingerprint density at radius 2 is 2.06 bits per heavy atom. The van der Waals surface area contributed by atoms with Crippen LogP contribution in [0, 0.1) is 0 Å². The first-order chi connectivity index (χ1) is 8.63. The number of likely N-dealkylation sites (N-methyl/N-ethyl adjacent to an activating group) is 2. The Bertz CT molecular complexity index is 396. The van der Waals surface area contributed by atoms with Crippen molar-refractivity contribution in [1.29, 1.82) is 0 Å². The van der Waals surface area contributed by atoms with Crippen LogP contribution in [0.1, 0.15) is 6.92 Å². The van der Waals surface area contributed by atoms with Crippen molar-refractivity contribution in [2.45, 2.75) is 19.0 Å². The summed E-state index contributed by atoms with van der Waals surface area (Å²) in [5.74, 6) is 0. The smallest absolute Gasteiger partial charge is 0.0639 e. The van der Waals surface area contributed by atoms with Crippen molar-refractivity contribution in [3.8, 4) is 0 Å². The van der Waals surface area contributed by atoms with Gasteiger partial charge in [0.25, 0.3) is 0 Å². The molecule has 1 aliphatic rings. The van der Waals surface area contributed by atoms with Crippen LogP contribution in [0.5, 0.6) is 0 Å². The van der Waals surface area contributed by atoms with Crippen LogP contribution in [0.3, 0.4) is 0 Å². The number of benzene rings is 1. The molecule has 18 heavy (non-hydrogen) atoms. The van der Waals surface area contributed by atoms with Gasteiger partial charge < -0.3 is 10.2 Å². The predicted octanol–water partition coefficient (Wildman–Crippen LogP) is 2.07. The van der Waals surface area contributed by atoms with Crippen molar-refractivity contribution in [3.63, 3.8) is 0 Å². The number of hydrogen-bond donors (Lipinski definition) is 1. The van der Waals surface area contributed by atoms with E-state index in [-0.39, 0.29) is 0 Å². The molecule has 0 bridgehead atoms. The van der Waals surface area contributed by atoms with Gasteiger partial charge in [0.2, 0.25) is 0 Å². The molecule has 1 aromatic rings. The molecule has 100 valence electrons. The van der Waals surface area contributed by atoms with Gasteiger partial charge >= 0.3 is 0 Å². The van der Waals surface area contributed by atoms with Gasteiger partial charge in [-0.2, -0.15) is 0 Å². The second-order valence-corrected chi connectivity index (χ2v) is 5.49. The van der Waals surface area contributed by atoms with Crippen LogP contribution in [0.25, 0.3) is 0 Å². The molecular formula is C14H22ClN3. The highest BCUT2D eigenvalue weighted by Gasteiger charge is 2.29. The molecule has 2 rings (SSSR count). The molecule has 1 aliphatic heterocycles. The van der Waals surface area contributed by atoms with Crippen molar-refractivity contribution in [2.24, 2.45) is 0 Å². The third kappa shape index (κ3) is 2.79. The molecule has 0 saturated carbocycles. The minimum absolute atomic E-state index is 0.523. The van der Waals surface area contributed by atoms with Gasteiger partial charge in [-0.25, -0.2) is 0 Å². The summed E-state index contributed by atoms with van der Waals surface area (Å²) < 4.78 is 0. The minimum atomic E-state index is 0.523. The number of anilines is 1. The zero-order chi connectivity index (χ0) is 13.1. The normalized spacial score (nSPS) is 25.4. The quantitative estimate of drug-likeness (QED) is 0.905. The average molecular weight is 268 g/mol. The Morgan fingerprint density at radius 3 is 2.72 bits per heavy atom. The number of rotatable bonds is 3. The summed E-state index contributed by atoms with van der Waals surface area (Å²) in [6.45, 7) is 5.32. The maximum absolute atomic E-state index is 6.30. The fourth-order valence-corrected chi connectivity index (χ4v) is 2.87. The number of nitrogens with one attached hydrogen (secondary N) is 1. The van der Waals surface area contributed by atoms with Gasteiger partial charge in [0, 0.05) is 31.7 Å². The molecule has 2 unspecified atom stereocenters. The number of halogens is 1. The van der Waals surface area contributed by atoms with Crippen LogP contribution in [0.2, 0.25) is 5.02 Å². The molecule has 2 atom stereocenters. The summed E-state index contributed by atoms with van der Waals surface area (Å²) >= 11 is 6.30. The molecule has 0 aromatic heterocycles. The van der Waals surface area contributed by atoms with E-state index in [0.29, 0.717) is 12.1 Å². The van der Waals surface area contributed by atoms with E-state index in [0.717, 1.165) is 30.3 Å². The lowest BCUT2D eigenvalue weighted by Crippen LogP contribution is -2.58. The molecule has 1 heterocycles. The van der Waals surface area contributed by atoms with E-state index in [4.69, 9.17) is 11.6 Å². The van der Waals surface area contributed by atoms with E-state index in [9.17, 15) is 0 Å². The molecule has 4 heteroatoms. The van der Waals surface area contributed by atoms with E-state index < -0.39 is 0 Å². The van der Waals surface area contributed by atoms with Gasteiger partial charge in [-0.15, -0.1) is 0 Å². The van der Waals surface area contributed by atoms with Crippen molar-refractivity contribution >= 4 is 17.3 Å². The van der Waals surface area contributed by atoms with Gasteiger partial charge in [-0.1, -0.05) is 23.7 Å². The third-order valence-corrected chi connectivity index (χ3v) is 4.14. The molecular weight excluding hydrogens is 246 g/mol. The first-order valence-electron chi connectivity index (χ1n) is 6.49. The summed E-state index contributed by atoms with van der Waals surface area (Å²) in [6.07, 6.45) is 0. The van der Waals surface area contributed by atoms with E-state index in [1.807, 2.05) is 19.2 Å². The lowest BCUT2D eigenvalue weighted by atomic mass is 10.1. The highest BCUT2D eigenvalue weighted by molar-refractivity contribution is 6.33. The monoisotopic (exact) mass is 267 g/mol. The summed E-state index contributed by atoms with van der Waals surface area (Å²) in [6, 6.07) is 9.17. The zero-order valence-corrected chi connectivity index (χ0v) is 12.1. The van der Waals surface area contributed by atoms with E-state index in [2.05, 4.69) is 41.2 Å². The van der Waals surface area contributed by atoms with Gasteiger partial charge in [0.05, 0.1) is 10.7 Å². The third-order valence-electron chi connectivity index (χ3n) is 3.82. The largest absolute Gasteiger partial charge is 0.367 e. The Kier molecular flexibility index (Phi) is 4.49. The summed E-state index contributed by atoms with van der Waals surface area (Å²) in [5.41, 5.74) is 1.15. The van der Waals surface area contributed by atoms with Crippen LogP contribution in [0.15, 0.2) is 24.3 Å². The van der Waals surface area contributed by atoms with Gasteiger partial charge in [-0.3, -0.25) is 4.90 Å². The van der Waals surface area contributed by atoms with Gasteiger partial charge in [0.15, 0.2) is 0 Å². The summed E-state index contributed by atoms with van der Waals surface area (Å²) in [4.78, 5) is 4.85. The van der Waals surface area contributed by atoms with Crippen molar-refractivity contribution in [3.05, 3.63) is 29.3 Å². The first-order valence-corrected chi connectivity index (χ1v) is 6.87. The standard InChI is InChI=1S/C14H22ClN3/c1-11-9-18(10-12(8-16-2)17(11)3)14-7-5-4-6-13(14)15/h4-7,11-12,16H,8-10H2,1-3H3. The number of hydrogen-bond acceptors (Lipinski definition) is 3. The number of para-hydroxylation sites is 1. The number of nitrogens with zero attached hydrogens (tertiary/aromatic N) is 2. The molecule has 3 nitrogen and oxygen atoms in total. The van der Waals surface area contributed by atoms with Crippen LogP contribution in [-0.4, -0.2) is 50.7 Å². The maximum Gasteiger partial charge on any atom is 0.0639 e. The molecule has 0 spiro atoms. The predicted molar refractivity (Wildman–Crippen MR) is 78.6 cm³/mol. The van der Waals surface area contributed by atoms with E-state index in [1.165, 1.54) is 0 Å². The second-order valence-electron chi connectivity index (χ2n) is 5.08. The lowest BCUT2D eigenvalue weighted by Gasteiger charge is -2.45. The molecule has 0 aliphatic carbocycles. The minimum Gasteiger partial charge on any atom is -0.367 e. The molecule has 1 N–H and O–H groups in total. The Balaban J connectivity index is 2.17. The van der Waals surface area contributed by atoms with Crippen LogP contribution in [-0.2, 0) is 0 Å². The van der Waals surface area contributed by atoms with Crippen LogP contribution >= 0.6 is 11.6 Å². The van der Waals surface area contributed by atoms with E-state index in [1.54, 1.807) is 0 Å². The molecule has 1 saturated heterocycles. The van der Waals surface area contributed by atoms with Gasteiger partial charge in [0.1, 0.15) is 0 Å². The van der Waals surface area contributed by atoms with Crippen molar-refractivity contribution < 1.29 is 0 Å². The molecule has 1 aromatic carbocycles. The molecule has 1 fully saturated rings. The Hall–Kier alpha value is -0.770. The molecule has 0 radical (unpaired) electrons. The van der Waals surface area contributed by atoms with Gasteiger partial charge in [-0.05, 0) is 33.2 Å². The zero-order valence-electron chi connectivity index (χ0n) is 11.4. The second kappa shape index (κ2) is 5.91. The number of piperazine rings is 1. The Morgan fingerprint density at radius 1 is 1.33 bits per heavy atom. The molecule has 0 amide bonds. The van der Waals surface area contributed by atoms with Crippen molar-refractivity contribution in [2.75, 3.05) is 38.6 Å². The summed E-state index contributed by atoms with van der Waals surface area (Å²) in [5, 5.41) is 4.12.